The van der Waals surface area contributed by atoms with Gasteiger partial charge in [-0.15, -0.1) is 22.9 Å². The van der Waals surface area contributed by atoms with Crippen molar-refractivity contribution >= 4 is 28.1 Å². The predicted molar refractivity (Wildman–Crippen MR) is 53.1 cm³/mol. The van der Waals surface area contributed by atoms with Crippen molar-refractivity contribution in [2.75, 3.05) is 18.0 Å². The zero-order chi connectivity index (χ0) is 8.39. The van der Waals surface area contributed by atoms with Gasteiger partial charge in [-0.2, -0.15) is 0 Å². The molecule has 0 aliphatic carbocycles. The molecule has 1 aromatic heterocycles. The maximum atomic E-state index is 5.67. The summed E-state index contributed by atoms with van der Waals surface area (Å²) in [5.41, 5.74) is 1.00. The quantitative estimate of drug-likeness (QED) is 0.686. The lowest BCUT2D eigenvalue weighted by Gasteiger charge is -2.11. The Morgan fingerprint density at radius 2 is 2.25 bits per heavy atom. The topological polar surface area (TPSA) is 16.1 Å². The van der Waals surface area contributed by atoms with Crippen LogP contribution in [0.5, 0.6) is 0 Å². The molecule has 0 aromatic carbocycles. The SMILES string of the molecule is ClCc1csc(N2CCCC2)n1. The lowest BCUT2D eigenvalue weighted by atomic mass is 10.4. The number of alkyl halides is 1. The molecule has 0 atom stereocenters. The number of halogens is 1. The average molecular weight is 203 g/mol. The predicted octanol–water partition coefficient (Wildman–Crippen LogP) is 2.48. The number of hydrogen-bond donors (Lipinski definition) is 0. The molecule has 12 heavy (non-hydrogen) atoms. The first kappa shape index (κ1) is 8.32. The van der Waals surface area contributed by atoms with Gasteiger partial charge in [0.25, 0.3) is 0 Å². The highest BCUT2D eigenvalue weighted by atomic mass is 35.5. The number of rotatable bonds is 2. The van der Waals surface area contributed by atoms with Gasteiger partial charge in [0.2, 0.25) is 0 Å². The number of hydrogen-bond acceptors (Lipinski definition) is 3. The minimum Gasteiger partial charge on any atom is -0.348 e. The second-order valence-electron chi connectivity index (χ2n) is 2.95. The number of aromatic nitrogens is 1. The summed E-state index contributed by atoms with van der Waals surface area (Å²) in [6.45, 7) is 2.32. The van der Waals surface area contributed by atoms with E-state index in [0.29, 0.717) is 5.88 Å². The molecule has 1 aromatic rings. The Labute approximate surface area is 81.2 Å². The van der Waals surface area contributed by atoms with Gasteiger partial charge in [-0.25, -0.2) is 4.98 Å². The van der Waals surface area contributed by atoms with Gasteiger partial charge in [-0.1, -0.05) is 0 Å². The van der Waals surface area contributed by atoms with Gasteiger partial charge in [0, 0.05) is 18.5 Å². The maximum Gasteiger partial charge on any atom is 0.185 e. The van der Waals surface area contributed by atoms with Crippen molar-refractivity contribution in [2.24, 2.45) is 0 Å². The van der Waals surface area contributed by atoms with Crippen molar-refractivity contribution in [3.05, 3.63) is 11.1 Å². The molecule has 0 bridgehead atoms. The van der Waals surface area contributed by atoms with Crippen molar-refractivity contribution in [3.8, 4) is 0 Å². The van der Waals surface area contributed by atoms with Crippen molar-refractivity contribution in [1.29, 1.82) is 0 Å². The second-order valence-corrected chi connectivity index (χ2v) is 4.05. The van der Waals surface area contributed by atoms with Gasteiger partial charge in [-0.05, 0) is 12.8 Å². The molecule has 1 aliphatic rings. The fourth-order valence-electron chi connectivity index (χ4n) is 1.41. The molecule has 2 nitrogen and oxygen atoms in total. The van der Waals surface area contributed by atoms with E-state index in [4.69, 9.17) is 11.6 Å². The van der Waals surface area contributed by atoms with Crippen LogP contribution in [-0.4, -0.2) is 18.1 Å². The summed E-state index contributed by atoms with van der Waals surface area (Å²) >= 11 is 7.37. The molecular formula is C8H11ClN2S. The molecule has 4 heteroatoms. The highest BCUT2D eigenvalue weighted by Gasteiger charge is 2.14. The average Bonchev–Trinajstić information content (AvgIpc) is 2.75. The number of anilines is 1. The van der Waals surface area contributed by atoms with Crippen molar-refractivity contribution in [1.82, 2.24) is 4.98 Å². The lowest BCUT2D eigenvalue weighted by Crippen LogP contribution is -2.17. The largest absolute Gasteiger partial charge is 0.348 e. The van der Waals surface area contributed by atoms with Crippen molar-refractivity contribution < 1.29 is 0 Å². The highest BCUT2D eigenvalue weighted by molar-refractivity contribution is 7.13. The normalized spacial score (nSPS) is 17.2. The Hall–Kier alpha value is -0.280. The zero-order valence-corrected chi connectivity index (χ0v) is 8.37. The molecule has 1 fully saturated rings. The van der Waals surface area contributed by atoms with Crippen LogP contribution in [0.3, 0.4) is 0 Å². The van der Waals surface area contributed by atoms with E-state index < -0.39 is 0 Å². The summed E-state index contributed by atoms with van der Waals surface area (Å²) in [6.07, 6.45) is 2.60. The Bertz CT molecular complexity index is 255. The van der Waals surface area contributed by atoms with Crippen LogP contribution in [0.25, 0.3) is 0 Å². The summed E-state index contributed by atoms with van der Waals surface area (Å²) in [7, 11) is 0. The summed E-state index contributed by atoms with van der Waals surface area (Å²) < 4.78 is 0. The Morgan fingerprint density at radius 3 is 2.83 bits per heavy atom. The first-order chi connectivity index (χ1) is 5.90. The summed E-state index contributed by atoms with van der Waals surface area (Å²) in [5.74, 6) is 0.532. The van der Waals surface area contributed by atoms with Crippen LogP contribution in [0.4, 0.5) is 5.13 Å². The maximum absolute atomic E-state index is 5.67. The van der Waals surface area contributed by atoms with Crippen LogP contribution in [0.2, 0.25) is 0 Å². The molecule has 1 saturated heterocycles. The third-order valence-corrected chi connectivity index (χ3v) is 3.28. The van der Waals surface area contributed by atoms with Gasteiger partial charge >= 0.3 is 0 Å². The van der Waals surface area contributed by atoms with Crippen LogP contribution in [0, 0.1) is 0 Å². The molecule has 0 N–H and O–H groups in total. The second kappa shape index (κ2) is 3.62. The third kappa shape index (κ3) is 1.57. The van der Waals surface area contributed by atoms with Gasteiger partial charge in [-0.3, -0.25) is 0 Å². The smallest absolute Gasteiger partial charge is 0.185 e. The molecule has 0 saturated carbocycles. The van der Waals surface area contributed by atoms with Gasteiger partial charge in [0.1, 0.15) is 0 Å². The molecule has 2 rings (SSSR count). The Morgan fingerprint density at radius 1 is 1.50 bits per heavy atom. The molecule has 66 valence electrons. The summed E-state index contributed by atoms with van der Waals surface area (Å²) in [6, 6.07) is 0. The van der Waals surface area contributed by atoms with Gasteiger partial charge in [0.05, 0.1) is 11.6 Å². The minimum atomic E-state index is 0.532. The fraction of sp³-hybridized carbons (Fsp3) is 0.625. The zero-order valence-electron chi connectivity index (χ0n) is 6.79. The van der Waals surface area contributed by atoms with Crippen LogP contribution in [0.1, 0.15) is 18.5 Å². The van der Waals surface area contributed by atoms with E-state index in [0.717, 1.165) is 23.9 Å². The summed E-state index contributed by atoms with van der Waals surface area (Å²) in [5, 5.41) is 3.18. The molecule has 0 radical (unpaired) electrons. The van der Waals surface area contributed by atoms with E-state index in [9.17, 15) is 0 Å². The number of thiazole rings is 1. The third-order valence-electron chi connectivity index (χ3n) is 2.05. The standard InChI is InChI=1S/C8H11ClN2S/c9-5-7-6-12-8(10-7)11-3-1-2-4-11/h6H,1-5H2. The van der Waals surface area contributed by atoms with Gasteiger partial charge < -0.3 is 4.90 Å². The molecule has 1 aliphatic heterocycles. The van der Waals surface area contributed by atoms with Crippen molar-refractivity contribution in [3.63, 3.8) is 0 Å². The number of nitrogens with zero attached hydrogens (tertiary/aromatic N) is 2. The van der Waals surface area contributed by atoms with E-state index in [2.05, 4.69) is 9.88 Å². The van der Waals surface area contributed by atoms with E-state index in [-0.39, 0.29) is 0 Å². The van der Waals surface area contributed by atoms with E-state index in [1.54, 1.807) is 11.3 Å². The van der Waals surface area contributed by atoms with Crippen LogP contribution < -0.4 is 4.90 Å². The molecule has 0 amide bonds. The van der Waals surface area contributed by atoms with Crippen molar-refractivity contribution in [2.45, 2.75) is 18.7 Å². The molecule has 0 spiro atoms. The first-order valence-corrected chi connectivity index (χ1v) is 5.57. The first-order valence-electron chi connectivity index (χ1n) is 4.15. The van der Waals surface area contributed by atoms with E-state index in [1.165, 1.54) is 12.8 Å². The monoisotopic (exact) mass is 202 g/mol. The lowest BCUT2D eigenvalue weighted by molar-refractivity contribution is 0.949. The Balaban J connectivity index is 2.11. The van der Waals surface area contributed by atoms with Crippen LogP contribution >= 0.6 is 22.9 Å². The van der Waals surface area contributed by atoms with Crippen LogP contribution in [-0.2, 0) is 5.88 Å². The minimum absolute atomic E-state index is 0.532. The molecular weight excluding hydrogens is 192 g/mol. The highest BCUT2D eigenvalue weighted by Crippen LogP contribution is 2.24. The Kier molecular flexibility index (Phi) is 2.51. The van der Waals surface area contributed by atoms with Crippen LogP contribution in [0.15, 0.2) is 5.38 Å². The van der Waals surface area contributed by atoms with E-state index >= 15 is 0 Å². The van der Waals surface area contributed by atoms with E-state index in [1.807, 2.05) is 5.38 Å². The van der Waals surface area contributed by atoms with Gasteiger partial charge in [0.15, 0.2) is 5.13 Å². The molecule has 0 unspecified atom stereocenters. The molecule has 2 heterocycles. The summed E-state index contributed by atoms with van der Waals surface area (Å²) in [4.78, 5) is 6.76. The fourth-order valence-corrected chi connectivity index (χ4v) is 2.52.